The minimum Gasteiger partial charge on any atom is -0.349 e. The minimum absolute atomic E-state index is 0.947. The summed E-state index contributed by atoms with van der Waals surface area (Å²) >= 11 is 0. The van der Waals surface area contributed by atoms with Gasteiger partial charge in [-0.1, -0.05) is 36.4 Å². The number of hydrogen-bond acceptors (Lipinski definition) is 2. The van der Waals surface area contributed by atoms with Crippen LogP contribution in [0.3, 0.4) is 0 Å². The molecule has 104 valence electrons. The van der Waals surface area contributed by atoms with E-state index in [-0.39, 0.29) is 0 Å². The zero-order chi connectivity index (χ0) is 14.4. The van der Waals surface area contributed by atoms with Gasteiger partial charge in [0.1, 0.15) is 0 Å². The predicted molar refractivity (Wildman–Crippen MR) is 88.2 cm³/mol. The molecular weight excluding hydrogens is 244 g/mol. The van der Waals surface area contributed by atoms with Crippen molar-refractivity contribution in [2.75, 3.05) is 23.4 Å². The number of aryl methyl sites for hydroxylation is 1. The molecule has 0 bridgehead atoms. The van der Waals surface area contributed by atoms with E-state index in [1.54, 1.807) is 0 Å². The summed E-state index contributed by atoms with van der Waals surface area (Å²) in [7, 11) is 2.08. The maximum Gasteiger partial charge on any atom is 0.0433 e. The molecule has 0 aliphatic heterocycles. The molecule has 0 unspecified atom stereocenters. The van der Waals surface area contributed by atoms with Gasteiger partial charge in [0, 0.05) is 37.4 Å². The van der Waals surface area contributed by atoms with Crippen LogP contribution in [-0.2, 0) is 0 Å². The van der Waals surface area contributed by atoms with Crippen molar-refractivity contribution >= 4 is 11.4 Å². The average Bonchev–Trinajstić information content (AvgIpc) is 2.49. The summed E-state index contributed by atoms with van der Waals surface area (Å²) < 4.78 is 0. The summed E-state index contributed by atoms with van der Waals surface area (Å²) in [5.74, 6) is 0. The van der Waals surface area contributed by atoms with Crippen LogP contribution in [0, 0.1) is 6.92 Å². The molecule has 0 radical (unpaired) electrons. The Morgan fingerprint density at radius 3 is 2.20 bits per heavy atom. The summed E-state index contributed by atoms with van der Waals surface area (Å²) in [6, 6.07) is 18.8. The van der Waals surface area contributed by atoms with Crippen molar-refractivity contribution < 1.29 is 0 Å². The van der Waals surface area contributed by atoms with Crippen molar-refractivity contribution in [3.05, 3.63) is 72.6 Å². The fourth-order valence-electron chi connectivity index (χ4n) is 2.21. The molecule has 2 rings (SSSR count). The molecule has 0 N–H and O–H groups in total. The van der Waals surface area contributed by atoms with Gasteiger partial charge in [-0.05, 0) is 37.6 Å². The van der Waals surface area contributed by atoms with Gasteiger partial charge in [-0.2, -0.15) is 0 Å². The Kier molecular flexibility index (Phi) is 4.83. The molecule has 0 amide bonds. The summed E-state index contributed by atoms with van der Waals surface area (Å²) in [6.45, 7) is 5.24. The van der Waals surface area contributed by atoms with E-state index in [4.69, 9.17) is 0 Å². The highest BCUT2D eigenvalue weighted by molar-refractivity contribution is 5.55. The van der Waals surface area contributed by atoms with E-state index in [0.717, 1.165) is 6.54 Å². The first-order chi connectivity index (χ1) is 9.72. The molecule has 0 heterocycles. The van der Waals surface area contributed by atoms with Crippen molar-refractivity contribution in [3.63, 3.8) is 0 Å². The largest absolute Gasteiger partial charge is 0.349 e. The molecule has 0 atom stereocenters. The summed E-state index contributed by atoms with van der Waals surface area (Å²) in [6.07, 6.45) is 4.24. The third kappa shape index (κ3) is 3.41. The van der Waals surface area contributed by atoms with Crippen molar-refractivity contribution in [3.8, 4) is 0 Å². The molecular formula is C18H22N2. The maximum atomic E-state index is 2.23. The number of hydrogen-bond donors (Lipinski definition) is 0. The molecule has 0 saturated heterocycles. The van der Waals surface area contributed by atoms with Crippen LogP contribution in [0.25, 0.3) is 0 Å². The molecule has 0 aliphatic carbocycles. The van der Waals surface area contributed by atoms with Gasteiger partial charge in [0.15, 0.2) is 0 Å². The number of rotatable bonds is 5. The normalized spacial score (nSPS) is 10.8. The van der Waals surface area contributed by atoms with Crippen molar-refractivity contribution in [2.45, 2.75) is 13.8 Å². The van der Waals surface area contributed by atoms with E-state index in [2.05, 4.69) is 91.6 Å². The lowest BCUT2D eigenvalue weighted by atomic mass is 10.2. The first-order valence-electron chi connectivity index (χ1n) is 7.01. The Balaban J connectivity index is 2.13. The van der Waals surface area contributed by atoms with Crippen molar-refractivity contribution in [1.29, 1.82) is 0 Å². The smallest absolute Gasteiger partial charge is 0.0433 e. The Hall–Kier alpha value is -2.22. The maximum absolute atomic E-state index is 2.23. The lowest BCUT2D eigenvalue weighted by Crippen LogP contribution is -2.17. The van der Waals surface area contributed by atoms with Crippen LogP contribution in [0.2, 0.25) is 0 Å². The quantitative estimate of drug-likeness (QED) is 0.790. The second kappa shape index (κ2) is 6.80. The number of nitrogens with zero attached hydrogens (tertiary/aromatic N) is 2. The number of benzene rings is 2. The number of para-hydroxylation sites is 2. The monoisotopic (exact) mass is 266 g/mol. The lowest BCUT2D eigenvalue weighted by Gasteiger charge is -2.21. The molecule has 2 aromatic carbocycles. The van der Waals surface area contributed by atoms with Crippen LogP contribution in [0.15, 0.2) is 67.0 Å². The van der Waals surface area contributed by atoms with Gasteiger partial charge >= 0.3 is 0 Å². The highest BCUT2D eigenvalue weighted by Crippen LogP contribution is 2.19. The standard InChI is InChI=1S/C18H22N2/c1-4-20(17-11-6-5-7-12-17)15-14-19(3)18-13-9-8-10-16(18)2/h5-15H,4H2,1-3H3/b15-14-. The predicted octanol–water partition coefficient (Wildman–Crippen LogP) is 4.43. The van der Waals surface area contributed by atoms with Gasteiger partial charge < -0.3 is 9.80 Å². The third-order valence-electron chi connectivity index (χ3n) is 3.39. The van der Waals surface area contributed by atoms with Crippen LogP contribution in [0.4, 0.5) is 11.4 Å². The van der Waals surface area contributed by atoms with Gasteiger partial charge in [0.05, 0.1) is 0 Å². The zero-order valence-electron chi connectivity index (χ0n) is 12.5. The fourth-order valence-corrected chi connectivity index (χ4v) is 2.21. The first kappa shape index (κ1) is 14.2. The molecule has 0 spiro atoms. The van der Waals surface area contributed by atoms with E-state index >= 15 is 0 Å². The molecule has 0 aromatic heterocycles. The second-order valence-electron chi connectivity index (χ2n) is 4.82. The van der Waals surface area contributed by atoms with Crippen LogP contribution >= 0.6 is 0 Å². The SMILES string of the molecule is CCN(/C=C\N(C)c1ccccc1C)c1ccccc1. The van der Waals surface area contributed by atoms with Crippen molar-refractivity contribution in [2.24, 2.45) is 0 Å². The fraction of sp³-hybridized carbons (Fsp3) is 0.222. The molecule has 2 aromatic rings. The van der Waals surface area contributed by atoms with Gasteiger partial charge in [0.25, 0.3) is 0 Å². The molecule has 0 fully saturated rings. The Labute approximate surface area is 122 Å². The molecule has 0 aliphatic rings. The van der Waals surface area contributed by atoms with Crippen LogP contribution < -0.4 is 9.80 Å². The summed E-state index contributed by atoms with van der Waals surface area (Å²) in [4.78, 5) is 4.38. The van der Waals surface area contributed by atoms with Gasteiger partial charge in [-0.15, -0.1) is 0 Å². The zero-order valence-corrected chi connectivity index (χ0v) is 12.5. The van der Waals surface area contributed by atoms with Crippen molar-refractivity contribution in [1.82, 2.24) is 0 Å². The second-order valence-corrected chi connectivity index (χ2v) is 4.82. The summed E-state index contributed by atoms with van der Waals surface area (Å²) in [5.41, 5.74) is 3.72. The minimum atomic E-state index is 0.947. The van der Waals surface area contributed by atoms with E-state index in [0.29, 0.717) is 0 Å². The Morgan fingerprint density at radius 1 is 0.900 bits per heavy atom. The van der Waals surface area contributed by atoms with Crippen LogP contribution in [-0.4, -0.2) is 13.6 Å². The van der Waals surface area contributed by atoms with E-state index < -0.39 is 0 Å². The first-order valence-corrected chi connectivity index (χ1v) is 7.01. The molecule has 20 heavy (non-hydrogen) atoms. The Bertz CT molecular complexity index is 561. The van der Waals surface area contributed by atoms with Gasteiger partial charge in [-0.3, -0.25) is 0 Å². The van der Waals surface area contributed by atoms with Gasteiger partial charge in [-0.25, -0.2) is 0 Å². The van der Waals surface area contributed by atoms with Crippen LogP contribution in [0.1, 0.15) is 12.5 Å². The topological polar surface area (TPSA) is 6.48 Å². The summed E-state index contributed by atoms with van der Waals surface area (Å²) in [5, 5.41) is 0. The highest BCUT2D eigenvalue weighted by atomic mass is 15.1. The van der Waals surface area contributed by atoms with Crippen LogP contribution in [0.5, 0.6) is 0 Å². The number of anilines is 2. The van der Waals surface area contributed by atoms with E-state index in [1.807, 2.05) is 6.07 Å². The Morgan fingerprint density at radius 2 is 1.55 bits per heavy atom. The lowest BCUT2D eigenvalue weighted by molar-refractivity contribution is 1.00. The third-order valence-corrected chi connectivity index (χ3v) is 3.39. The molecule has 0 saturated carbocycles. The van der Waals surface area contributed by atoms with E-state index in [9.17, 15) is 0 Å². The molecule has 2 heteroatoms. The van der Waals surface area contributed by atoms with E-state index in [1.165, 1.54) is 16.9 Å². The highest BCUT2D eigenvalue weighted by Gasteiger charge is 2.02. The van der Waals surface area contributed by atoms with Gasteiger partial charge in [0.2, 0.25) is 0 Å². The molecule has 2 nitrogen and oxygen atoms in total. The average molecular weight is 266 g/mol.